The van der Waals surface area contributed by atoms with Crippen LogP contribution in [0, 0.1) is 23.2 Å². The van der Waals surface area contributed by atoms with Gasteiger partial charge in [-0.2, -0.15) is 0 Å². The summed E-state index contributed by atoms with van der Waals surface area (Å²) in [5.41, 5.74) is 0.508. The fourth-order valence-electron chi connectivity index (χ4n) is 6.24. The minimum atomic E-state index is -0.380. The van der Waals surface area contributed by atoms with Gasteiger partial charge in [0.1, 0.15) is 5.75 Å². The lowest BCUT2D eigenvalue weighted by molar-refractivity contribution is -0.146. The van der Waals surface area contributed by atoms with Gasteiger partial charge < -0.3 is 15.4 Å². The zero-order valence-electron chi connectivity index (χ0n) is 19.4. The fourth-order valence-corrected chi connectivity index (χ4v) is 6.24. The van der Waals surface area contributed by atoms with Crippen LogP contribution in [-0.2, 0) is 9.59 Å². The highest BCUT2D eigenvalue weighted by Gasteiger charge is 2.54. The molecule has 5 rings (SSSR count). The van der Waals surface area contributed by atoms with E-state index in [9.17, 15) is 14.4 Å². The van der Waals surface area contributed by atoms with E-state index in [2.05, 4.69) is 10.6 Å². The summed E-state index contributed by atoms with van der Waals surface area (Å²) >= 11 is 0. The summed E-state index contributed by atoms with van der Waals surface area (Å²) in [7, 11) is 1.69. The van der Waals surface area contributed by atoms with E-state index in [4.69, 9.17) is 4.74 Å². The molecule has 4 bridgehead atoms. The molecule has 7 nitrogen and oxygen atoms in total. The number of carbonyl (C=O) groups is 3. The Morgan fingerprint density at radius 3 is 2.12 bits per heavy atom. The molecule has 2 N–H and O–H groups in total. The molecule has 7 heteroatoms. The van der Waals surface area contributed by atoms with Gasteiger partial charge in [-0.25, -0.2) is 4.79 Å². The highest BCUT2D eigenvalue weighted by atomic mass is 16.5. The van der Waals surface area contributed by atoms with Gasteiger partial charge in [0.25, 0.3) is 0 Å². The first-order chi connectivity index (χ1) is 15.2. The Morgan fingerprint density at radius 1 is 1.03 bits per heavy atom. The van der Waals surface area contributed by atoms with E-state index in [1.165, 1.54) is 24.2 Å². The summed E-state index contributed by atoms with van der Waals surface area (Å²) in [5.74, 6) is 2.33. The molecule has 3 amide bonds. The smallest absolute Gasteiger partial charge is 0.321 e. The molecule has 174 valence electrons. The molecule has 1 aromatic carbocycles. The van der Waals surface area contributed by atoms with E-state index < -0.39 is 0 Å². The number of anilines is 1. The lowest BCUT2D eigenvalue weighted by Gasteiger charge is -2.55. The molecule has 4 aliphatic rings. The molecular formula is C25H35N3O4. The molecule has 32 heavy (non-hydrogen) atoms. The number of ether oxygens (including phenoxy) is 1. The predicted molar refractivity (Wildman–Crippen MR) is 122 cm³/mol. The van der Waals surface area contributed by atoms with E-state index in [0.29, 0.717) is 18.0 Å². The van der Waals surface area contributed by atoms with Crippen LogP contribution in [-0.4, -0.2) is 37.5 Å². The monoisotopic (exact) mass is 441 g/mol. The van der Waals surface area contributed by atoms with Crippen LogP contribution < -0.4 is 20.3 Å². The van der Waals surface area contributed by atoms with Crippen LogP contribution in [0.4, 0.5) is 10.5 Å². The van der Waals surface area contributed by atoms with Gasteiger partial charge in [-0.3, -0.25) is 14.5 Å². The van der Waals surface area contributed by atoms with Crippen molar-refractivity contribution >= 4 is 23.6 Å². The van der Waals surface area contributed by atoms with Gasteiger partial charge in [0, 0.05) is 30.7 Å². The van der Waals surface area contributed by atoms with E-state index in [1.807, 2.05) is 13.8 Å². The second-order valence-electron chi connectivity index (χ2n) is 10.3. The highest BCUT2D eigenvalue weighted by Crippen LogP contribution is 2.60. The summed E-state index contributed by atoms with van der Waals surface area (Å²) in [5, 5.41) is 5.85. The molecule has 0 aromatic heterocycles. The molecule has 4 fully saturated rings. The second-order valence-corrected chi connectivity index (χ2v) is 10.3. The molecule has 0 heterocycles. The number of hydrogen-bond acceptors (Lipinski definition) is 4. The SMILES string of the molecule is CC(C)NC(=O)N(C)c1ccc(OC(=O)CCNC(=O)C23CC4CC(CC(C4)C2)C3)cc1. The minimum Gasteiger partial charge on any atom is -0.426 e. The van der Waals surface area contributed by atoms with Crippen LogP contribution in [0.5, 0.6) is 5.75 Å². The molecule has 0 atom stereocenters. The van der Waals surface area contributed by atoms with Crippen LogP contribution >= 0.6 is 0 Å². The topological polar surface area (TPSA) is 87.7 Å². The van der Waals surface area contributed by atoms with Crippen molar-refractivity contribution < 1.29 is 19.1 Å². The maximum atomic E-state index is 13.0. The summed E-state index contributed by atoms with van der Waals surface area (Å²) < 4.78 is 5.40. The summed E-state index contributed by atoms with van der Waals surface area (Å²) in [6.45, 7) is 4.11. The number of esters is 1. The Labute approximate surface area is 190 Å². The van der Waals surface area contributed by atoms with Crippen LogP contribution in [0.25, 0.3) is 0 Å². The molecular weight excluding hydrogens is 406 g/mol. The molecule has 0 aliphatic heterocycles. The quantitative estimate of drug-likeness (QED) is 0.497. The summed E-state index contributed by atoms with van der Waals surface area (Å²) in [6, 6.07) is 6.66. The van der Waals surface area contributed by atoms with E-state index in [0.717, 1.165) is 37.0 Å². The van der Waals surface area contributed by atoms with Crippen molar-refractivity contribution in [2.75, 3.05) is 18.5 Å². The third-order valence-corrected chi connectivity index (χ3v) is 7.31. The van der Waals surface area contributed by atoms with Crippen LogP contribution in [0.2, 0.25) is 0 Å². The fraction of sp³-hybridized carbons (Fsp3) is 0.640. The van der Waals surface area contributed by atoms with Gasteiger partial charge in [-0.15, -0.1) is 0 Å². The van der Waals surface area contributed by atoms with Gasteiger partial charge in [0.05, 0.1) is 6.42 Å². The number of amides is 3. The van der Waals surface area contributed by atoms with Crippen LogP contribution in [0.3, 0.4) is 0 Å². The number of nitrogens with one attached hydrogen (secondary N) is 2. The Kier molecular flexibility index (Phi) is 6.45. The van der Waals surface area contributed by atoms with Gasteiger partial charge in [0.15, 0.2) is 0 Å². The molecule has 0 spiro atoms. The van der Waals surface area contributed by atoms with Crippen molar-refractivity contribution in [1.82, 2.24) is 10.6 Å². The van der Waals surface area contributed by atoms with Crippen molar-refractivity contribution in [1.29, 1.82) is 0 Å². The lowest BCUT2D eigenvalue weighted by atomic mass is 9.49. The maximum Gasteiger partial charge on any atom is 0.321 e. The molecule has 4 saturated carbocycles. The van der Waals surface area contributed by atoms with E-state index >= 15 is 0 Å². The molecule has 0 unspecified atom stereocenters. The van der Waals surface area contributed by atoms with Gasteiger partial charge in [0.2, 0.25) is 5.91 Å². The summed E-state index contributed by atoms with van der Waals surface area (Å²) in [4.78, 5) is 38.8. The van der Waals surface area contributed by atoms with Gasteiger partial charge >= 0.3 is 12.0 Å². The van der Waals surface area contributed by atoms with Crippen molar-refractivity contribution in [3.63, 3.8) is 0 Å². The third kappa shape index (κ3) is 4.92. The molecule has 4 aliphatic carbocycles. The Morgan fingerprint density at radius 2 is 1.59 bits per heavy atom. The number of carbonyl (C=O) groups excluding carboxylic acids is 3. The average molecular weight is 442 g/mol. The van der Waals surface area contributed by atoms with Crippen LogP contribution in [0.15, 0.2) is 24.3 Å². The first kappa shape index (κ1) is 22.6. The maximum absolute atomic E-state index is 13.0. The predicted octanol–water partition coefficient (Wildman–Crippen LogP) is 3.87. The normalized spacial score (nSPS) is 27.8. The Balaban J connectivity index is 1.22. The van der Waals surface area contributed by atoms with Crippen molar-refractivity contribution in [2.45, 2.75) is 64.8 Å². The Hall–Kier alpha value is -2.57. The second kappa shape index (κ2) is 9.12. The number of nitrogens with zero attached hydrogens (tertiary/aromatic N) is 1. The largest absolute Gasteiger partial charge is 0.426 e. The standard InChI is InChI=1S/C25H35N3O4/c1-16(2)27-24(31)28(3)20-4-6-21(7-5-20)32-22(29)8-9-26-23(30)25-13-17-10-18(14-25)12-19(11-17)15-25/h4-7,16-19H,8-15H2,1-3H3,(H,26,30)(H,27,31). The minimum absolute atomic E-state index is 0.0496. The Bertz CT molecular complexity index is 829. The highest BCUT2D eigenvalue weighted by molar-refractivity contribution is 5.91. The number of rotatable bonds is 7. The van der Waals surface area contributed by atoms with E-state index in [-0.39, 0.29) is 35.8 Å². The van der Waals surface area contributed by atoms with Crippen molar-refractivity contribution in [3.8, 4) is 5.75 Å². The summed E-state index contributed by atoms with van der Waals surface area (Å²) in [6.07, 6.45) is 7.10. The van der Waals surface area contributed by atoms with Crippen LogP contribution in [0.1, 0.15) is 58.8 Å². The third-order valence-electron chi connectivity index (χ3n) is 7.31. The average Bonchev–Trinajstić information content (AvgIpc) is 2.72. The lowest BCUT2D eigenvalue weighted by Crippen LogP contribution is -2.53. The molecule has 0 radical (unpaired) electrons. The first-order valence-electron chi connectivity index (χ1n) is 11.9. The molecule has 1 aromatic rings. The first-order valence-corrected chi connectivity index (χ1v) is 11.9. The number of hydrogen-bond donors (Lipinski definition) is 2. The van der Waals surface area contributed by atoms with Gasteiger partial charge in [-0.05, 0) is 94.4 Å². The van der Waals surface area contributed by atoms with Gasteiger partial charge in [-0.1, -0.05) is 0 Å². The van der Waals surface area contributed by atoms with Crippen molar-refractivity contribution in [2.24, 2.45) is 23.2 Å². The van der Waals surface area contributed by atoms with E-state index in [1.54, 1.807) is 31.3 Å². The number of urea groups is 1. The number of benzene rings is 1. The molecule has 0 saturated heterocycles. The zero-order chi connectivity index (χ0) is 22.9. The zero-order valence-corrected chi connectivity index (χ0v) is 19.4. The van der Waals surface area contributed by atoms with Crippen molar-refractivity contribution in [3.05, 3.63) is 24.3 Å².